The Morgan fingerprint density at radius 2 is 2.16 bits per heavy atom. The first-order valence-corrected chi connectivity index (χ1v) is 7.73. The molecule has 1 aliphatic heterocycles. The van der Waals surface area contributed by atoms with Crippen LogP contribution in [0.5, 0.6) is 5.75 Å². The molecule has 2 rings (SSSR count). The lowest BCUT2D eigenvalue weighted by molar-refractivity contribution is -0.0482. The maximum absolute atomic E-state index is 11.6. The van der Waals surface area contributed by atoms with Gasteiger partial charge < -0.3 is 9.63 Å². The molecule has 1 saturated heterocycles. The van der Waals surface area contributed by atoms with E-state index in [1.54, 1.807) is 0 Å². The van der Waals surface area contributed by atoms with E-state index < -0.39 is 19.3 Å². The van der Waals surface area contributed by atoms with E-state index in [0.717, 1.165) is 5.56 Å². The second-order valence-electron chi connectivity index (χ2n) is 5.19. The van der Waals surface area contributed by atoms with Gasteiger partial charge in [0, 0.05) is 11.0 Å². The van der Waals surface area contributed by atoms with Crippen molar-refractivity contribution in [2.75, 3.05) is 13.2 Å². The molecule has 0 aliphatic carbocycles. The topological polar surface area (TPSA) is 65.0 Å². The Hall–Kier alpha value is -0.870. The van der Waals surface area contributed by atoms with Gasteiger partial charge >= 0.3 is 7.82 Å². The summed E-state index contributed by atoms with van der Waals surface area (Å²) in [6.07, 6.45) is -0.542. The van der Waals surface area contributed by atoms with E-state index >= 15 is 0 Å². The molecular formula is C13H19O5P. The van der Waals surface area contributed by atoms with Crippen LogP contribution in [0.2, 0.25) is 0 Å². The molecule has 6 heteroatoms. The van der Waals surface area contributed by atoms with Gasteiger partial charge in [0.05, 0.1) is 13.2 Å². The number of ether oxygens (including phenoxy) is 1. The molecular weight excluding hydrogens is 267 g/mol. The molecule has 5 nitrogen and oxygen atoms in total. The monoisotopic (exact) mass is 286 g/mol. The zero-order valence-corrected chi connectivity index (χ0v) is 12.2. The molecule has 0 bridgehead atoms. The van der Waals surface area contributed by atoms with Crippen molar-refractivity contribution in [3.05, 3.63) is 29.8 Å². The molecule has 0 amide bonds. The fraction of sp³-hybridized carbons (Fsp3) is 0.538. The number of hydrogen-bond acceptors (Lipinski definition) is 4. The van der Waals surface area contributed by atoms with Crippen LogP contribution in [-0.2, 0) is 13.6 Å². The van der Waals surface area contributed by atoms with Crippen LogP contribution < -0.4 is 4.74 Å². The molecule has 1 aromatic rings. The number of hydrogen-bond donors (Lipinski definition) is 1. The van der Waals surface area contributed by atoms with Crippen LogP contribution in [0.25, 0.3) is 0 Å². The average Bonchev–Trinajstić information content (AvgIpc) is 2.34. The lowest BCUT2D eigenvalue weighted by Crippen LogP contribution is -2.33. The molecule has 0 spiro atoms. The van der Waals surface area contributed by atoms with E-state index in [4.69, 9.17) is 13.8 Å². The van der Waals surface area contributed by atoms with Crippen LogP contribution in [0, 0.1) is 5.41 Å². The standard InChI is InChI=1S/C13H19O5P/c1-4-16-11-8-6-5-7-10(11)12-13(2,3)9-17-19(14,15)18-12/h5-8,12H,4,9H2,1-3H3,(H,14,15)/t12-/m1/s1. The fourth-order valence-electron chi connectivity index (χ4n) is 2.09. The van der Waals surface area contributed by atoms with Gasteiger partial charge in [-0.05, 0) is 13.0 Å². The van der Waals surface area contributed by atoms with Gasteiger partial charge in [0.2, 0.25) is 0 Å². The molecule has 106 valence electrons. The molecule has 0 saturated carbocycles. The molecule has 1 heterocycles. The molecule has 1 aromatic carbocycles. The lowest BCUT2D eigenvalue weighted by Gasteiger charge is -2.39. The average molecular weight is 286 g/mol. The van der Waals surface area contributed by atoms with Crippen LogP contribution >= 0.6 is 7.82 Å². The first-order valence-electron chi connectivity index (χ1n) is 6.23. The molecule has 1 N–H and O–H groups in total. The molecule has 2 atom stereocenters. The van der Waals surface area contributed by atoms with Crippen LogP contribution in [0.1, 0.15) is 32.4 Å². The SMILES string of the molecule is CCOc1ccccc1[C@H]1OP(=O)(O)OCC1(C)C. The number of phosphoric acid groups is 1. The van der Waals surface area contributed by atoms with Gasteiger partial charge in [0.15, 0.2) is 0 Å². The van der Waals surface area contributed by atoms with Crippen molar-refractivity contribution in [3.8, 4) is 5.75 Å². The number of phosphoric ester groups is 1. The Morgan fingerprint density at radius 3 is 2.84 bits per heavy atom. The number of rotatable bonds is 3. The molecule has 0 aromatic heterocycles. The third-order valence-corrected chi connectivity index (χ3v) is 3.98. The Bertz CT molecular complexity index is 500. The Balaban J connectivity index is 2.40. The largest absolute Gasteiger partial charge is 0.493 e. The van der Waals surface area contributed by atoms with Crippen molar-refractivity contribution in [2.24, 2.45) is 5.41 Å². The highest BCUT2D eigenvalue weighted by Gasteiger charge is 2.45. The highest BCUT2D eigenvalue weighted by molar-refractivity contribution is 7.47. The zero-order chi connectivity index (χ0) is 14.1. The summed E-state index contributed by atoms with van der Waals surface area (Å²) in [6, 6.07) is 7.40. The lowest BCUT2D eigenvalue weighted by atomic mass is 9.83. The Labute approximate surface area is 113 Å². The number of benzene rings is 1. The second-order valence-corrected chi connectivity index (χ2v) is 6.59. The van der Waals surface area contributed by atoms with Crippen LogP contribution in [0.4, 0.5) is 0 Å². The van der Waals surface area contributed by atoms with Crippen molar-refractivity contribution in [1.82, 2.24) is 0 Å². The highest BCUT2D eigenvalue weighted by Crippen LogP contribution is 2.59. The second kappa shape index (κ2) is 5.25. The quantitative estimate of drug-likeness (QED) is 0.864. The third-order valence-electron chi connectivity index (χ3n) is 3.05. The number of para-hydroxylation sites is 1. The van der Waals surface area contributed by atoms with Gasteiger partial charge in [0.1, 0.15) is 11.9 Å². The van der Waals surface area contributed by atoms with E-state index in [-0.39, 0.29) is 6.61 Å². The summed E-state index contributed by atoms with van der Waals surface area (Å²) >= 11 is 0. The van der Waals surface area contributed by atoms with Crippen molar-refractivity contribution in [2.45, 2.75) is 26.9 Å². The van der Waals surface area contributed by atoms with E-state index in [1.165, 1.54) is 0 Å². The normalized spacial score (nSPS) is 30.0. The van der Waals surface area contributed by atoms with Gasteiger partial charge in [-0.2, -0.15) is 0 Å². The summed E-state index contributed by atoms with van der Waals surface area (Å²) in [5.74, 6) is 0.671. The molecule has 1 aliphatic rings. The maximum atomic E-state index is 11.6. The third kappa shape index (κ3) is 3.18. The van der Waals surface area contributed by atoms with Crippen molar-refractivity contribution in [1.29, 1.82) is 0 Å². The van der Waals surface area contributed by atoms with Gasteiger partial charge in [-0.25, -0.2) is 4.57 Å². The minimum Gasteiger partial charge on any atom is -0.493 e. The zero-order valence-electron chi connectivity index (χ0n) is 11.3. The smallest absolute Gasteiger partial charge is 0.472 e. The van der Waals surface area contributed by atoms with E-state index in [9.17, 15) is 9.46 Å². The minimum absolute atomic E-state index is 0.159. The van der Waals surface area contributed by atoms with Gasteiger partial charge in [0.25, 0.3) is 0 Å². The van der Waals surface area contributed by atoms with Crippen LogP contribution in [0.3, 0.4) is 0 Å². The predicted octanol–water partition coefficient (Wildman–Crippen LogP) is 3.30. The van der Waals surface area contributed by atoms with Crippen molar-refractivity contribution < 1.29 is 23.2 Å². The van der Waals surface area contributed by atoms with E-state index in [0.29, 0.717) is 12.4 Å². The minimum atomic E-state index is -3.98. The fourth-order valence-corrected chi connectivity index (χ4v) is 3.31. The van der Waals surface area contributed by atoms with Gasteiger partial charge in [-0.3, -0.25) is 9.05 Å². The highest BCUT2D eigenvalue weighted by atomic mass is 31.2. The summed E-state index contributed by atoms with van der Waals surface area (Å²) in [6.45, 7) is 6.44. The molecule has 1 fully saturated rings. The van der Waals surface area contributed by atoms with E-state index in [2.05, 4.69) is 0 Å². The molecule has 19 heavy (non-hydrogen) atoms. The maximum Gasteiger partial charge on any atom is 0.472 e. The van der Waals surface area contributed by atoms with Crippen LogP contribution in [0.15, 0.2) is 24.3 Å². The first kappa shape index (κ1) is 14.5. The van der Waals surface area contributed by atoms with Crippen molar-refractivity contribution >= 4 is 7.82 Å². The summed E-state index contributed by atoms with van der Waals surface area (Å²) in [5.41, 5.74) is 0.357. The van der Waals surface area contributed by atoms with Crippen molar-refractivity contribution in [3.63, 3.8) is 0 Å². The summed E-state index contributed by atoms with van der Waals surface area (Å²) in [5, 5.41) is 0. The molecule has 1 unspecified atom stereocenters. The molecule has 0 radical (unpaired) electrons. The Kier molecular flexibility index (Phi) is 4.02. The first-order chi connectivity index (χ1) is 8.86. The Morgan fingerprint density at radius 1 is 1.47 bits per heavy atom. The predicted molar refractivity (Wildman–Crippen MR) is 71.0 cm³/mol. The van der Waals surface area contributed by atoms with E-state index in [1.807, 2.05) is 45.0 Å². The van der Waals surface area contributed by atoms with Gasteiger partial charge in [-0.15, -0.1) is 0 Å². The van der Waals surface area contributed by atoms with Gasteiger partial charge in [-0.1, -0.05) is 32.0 Å². The summed E-state index contributed by atoms with van der Waals surface area (Å²) in [7, 11) is -3.98. The van der Waals surface area contributed by atoms with Crippen LogP contribution in [-0.4, -0.2) is 18.1 Å². The summed E-state index contributed by atoms with van der Waals surface area (Å²) in [4.78, 5) is 9.53. The summed E-state index contributed by atoms with van der Waals surface area (Å²) < 4.78 is 27.4.